The van der Waals surface area contributed by atoms with Crippen molar-refractivity contribution in [3.63, 3.8) is 0 Å². The zero-order valence-corrected chi connectivity index (χ0v) is 8.39. The van der Waals surface area contributed by atoms with Crippen LogP contribution in [0.5, 0.6) is 0 Å². The maximum Gasteiger partial charge on any atom is 0.181 e. The Bertz CT molecular complexity index is 165. The predicted octanol–water partition coefficient (Wildman–Crippen LogP) is 0.391. The zero-order chi connectivity index (χ0) is 7.61. The summed E-state index contributed by atoms with van der Waals surface area (Å²) in [6, 6.07) is 0. The molecule has 1 saturated heterocycles. The Hall–Kier alpha value is 0.330. The molecular formula is C5H8IN3S. The van der Waals surface area contributed by atoms with E-state index >= 15 is 0 Å². The largest absolute Gasteiger partial charge is 0.311 e. The van der Waals surface area contributed by atoms with E-state index in [0.717, 1.165) is 19.6 Å². The lowest BCUT2D eigenvalue weighted by atomic mass is 10.4. The van der Waals surface area contributed by atoms with Crippen molar-refractivity contribution in [2.24, 2.45) is 0 Å². The number of hydrogen-bond donors (Lipinski definition) is 2. The summed E-state index contributed by atoms with van der Waals surface area (Å²) >= 11 is 6.48. The summed E-state index contributed by atoms with van der Waals surface area (Å²) in [6.07, 6.45) is 2.10. The first-order valence-electron chi connectivity index (χ1n) is 2.96. The van der Waals surface area contributed by atoms with Crippen LogP contribution in [-0.2, 0) is 0 Å². The van der Waals surface area contributed by atoms with Gasteiger partial charge in [-0.2, -0.15) is 5.26 Å². The van der Waals surface area contributed by atoms with Crippen molar-refractivity contribution in [3.05, 3.63) is 0 Å². The maximum absolute atomic E-state index is 8.62. The molecule has 0 saturated carbocycles. The van der Waals surface area contributed by atoms with Gasteiger partial charge in [0.25, 0.3) is 0 Å². The highest BCUT2D eigenvalue weighted by Crippen LogP contribution is 2.28. The summed E-state index contributed by atoms with van der Waals surface area (Å²) in [4.78, 5) is 1.67. The lowest BCUT2D eigenvalue weighted by molar-refractivity contribution is 0.300. The van der Waals surface area contributed by atoms with E-state index in [9.17, 15) is 0 Å². The molecule has 1 aliphatic heterocycles. The molecule has 1 atom stereocenters. The van der Waals surface area contributed by atoms with Crippen LogP contribution in [0.1, 0.15) is 0 Å². The van der Waals surface area contributed by atoms with Gasteiger partial charge in [-0.1, -0.05) is 0 Å². The van der Waals surface area contributed by atoms with Gasteiger partial charge < -0.3 is 5.32 Å². The summed E-state index contributed by atoms with van der Waals surface area (Å²) in [5.41, 5.74) is 0. The predicted molar refractivity (Wildman–Crippen MR) is 50.9 cm³/mol. The van der Waals surface area contributed by atoms with E-state index in [0.29, 0.717) is 0 Å². The summed E-state index contributed by atoms with van der Waals surface area (Å²) in [5.74, 6) is 0. The average molecular weight is 269 g/mol. The van der Waals surface area contributed by atoms with Gasteiger partial charge in [0.05, 0.1) is 0 Å². The molecular weight excluding hydrogens is 261 g/mol. The Labute approximate surface area is 79.3 Å². The first-order chi connectivity index (χ1) is 4.67. The van der Waals surface area contributed by atoms with Gasteiger partial charge in [-0.05, 0) is 22.6 Å². The first kappa shape index (κ1) is 8.43. The van der Waals surface area contributed by atoms with Crippen LogP contribution in [0.3, 0.4) is 0 Å². The van der Waals surface area contributed by atoms with Crippen molar-refractivity contribution >= 4 is 35.2 Å². The summed E-state index contributed by atoms with van der Waals surface area (Å²) in [7, 11) is 0. The van der Waals surface area contributed by atoms with Crippen molar-refractivity contribution in [1.29, 1.82) is 5.26 Å². The number of nitrogens with one attached hydrogen (secondary N) is 1. The third-order valence-corrected chi connectivity index (χ3v) is 2.76. The molecule has 0 bridgehead atoms. The van der Waals surface area contributed by atoms with Crippen LogP contribution in [0, 0.1) is 11.5 Å². The molecule has 1 heterocycles. The molecule has 1 fully saturated rings. The minimum absolute atomic E-state index is 0.329. The standard InChI is InChI=1S/C5H8IN3S/c6-5(10)3-8-1-2-9(5)4-7/h8,10H,1-3H2. The molecule has 0 radical (unpaired) electrons. The number of hydrogen-bond acceptors (Lipinski definition) is 4. The van der Waals surface area contributed by atoms with Crippen LogP contribution in [-0.4, -0.2) is 27.4 Å². The number of alkyl halides is 1. The fourth-order valence-electron chi connectivity index (χ4n) is 0.832. The lowest BCUT2D eigenvalue weighted by Crippen LogP contribution is -2.52. The van der Waals surface area contributed by atoms with Crippen molar-refractivity contribution < 1.29 is 0 Å². The Morgan fingerprint density at radius 2 is 2.50 bits per heavy atom. The molecule has 1 N–H and O–H groups in total. The third-order valence-electron chi connectivity index (χ3n) is 1.40. The number of halogens is 1. The molecule has 1 aliphatic rings. The number of piperazine rings is 1. The topological polar surface area (TPSA) is 39.1 Å². The average Bonchev–Trinajstić information content (AvgIpc) is 1.87. The van der Waals surface area contributed by atoms with Crippen LogP contribution >= 0.6 is 35.2 Å². The fourth-order valence-corrected chi connectivity index (χ4v) is 1.71. The molecule has 1 unspecified atom stereocenters. The van der Waals surface area contributed by atoms with E-state index in [4.69, 9.17) is 5.26 Å². The second kappa shape index (κ2) is 3.15. The Kier molecular flexibility index (Phi) is 2.66. The van der Waals surface area contributed by atoms with E-state index in [1.807, 2.05) is 0 Å². The number of thiol groups is 1. The van der Waals surface area contributed by atoms with Gasteiger partial charge in [-0.3, -0.25) is 4.90 Å². The highest BCUT2D eigenvalue weighted by Gasteiger charge is 2.31. The SMILES string of the molecule is N#CN1CCNCC1(S)I. The van der Waals surface area contributed by atoms with Gasteiger partial charge in [-0.25, -0.2) is 0 Å². The minimum atomic E-state index is -0.329. The van der Waals surface area contributed by atoms with E-state index in [-0.39, 0.29) is 2.88 Å². The Morgan fingerprint density at radius 1 is 1.80 bits per heavy atom. The molecule has 0 aromatic heterocycles. The van der Waals surface area contributed by atoms with Crippen LogP contribution < -0.4 is 5.32 Å². The normalized spacial score (nSPS) is 33.5. The van der Waals surface area contributed by atoms with Crippen LogP contribution in [0.25, 0.3) is 0 Å². The number of rotatable bonds is 0. The number of nitrogens with zero attached hydrogens (tertiary/aromatic N) is 2. The minimum Gasteiger partial charge on any atom is -0.311 e. The van der Waals surface area contributed by atoms with Gasteiger partial charge in [0.15, 0.2) is 9.07 Å². The monoisotopic (exact) mass is 269 g/mol. The second-order valence-electron chi connectivity index (χ2n) is 2.15. The molecule has 5 heteroatoms. The summed E-state index contributed by atoms with van der Waals surface area (Å²) < 4.78 is -0.329. The number of nitriles is 1. The molecule has 1 rings (SSSR count). The van der Waals surface area contributed by atoms with Crippen LogP contribution in [0.4, 0.5) is 0 Å². The van der Waals surface area contributed by atoms with Crippen molar-refractivity contribution in [2.45, 2.75) is 2.88 Å². The quantitative estimate of drug-likeness (QED) is 0.220. The highest BCUT2D eigenvalue weighted by atomic mass is 127. The lowest BCUT2D eigenvalue weighted by Gasteiger charge is -2.35. The second-order valence-corrected chi connectivity index (χ2v) is 5.53. The van der Waals surface area contributed by atoms with Gasteiger partial charge in [0.1, 0.15) is 0 Å². The molecule has 0 aliphatic carbocycles. The molecule has 56 valence electrons. The fraction of sp³-hybridized carbons (Fsp3) is 0.800. The molecule has 0 aromatic carbocycles. The van der Waals surface area contributed by atoms with Crippen molar-refractivity contribution in [1.82, 2.24) is 10.2 Å². The molecule has 10 heavy (non-hydrogen) atoms. The Balaban J connectivity index is 2.62. The molecule has 0 aromatic rings. The first-order valence-corrected chi connectivity index (χ1v) is 4.49. The van der Waals surface area contributed by atoms with E-state index < -0.39 is 0 Å². The van der Waals surface area contributed by atoms with Crippen molar-refractivity contribution in [3.8, 4) is 6.19 Å². The molecule has 0 spiro atoms. The third kappa shape index (κ3) is 1.68. The zero-order valence-electron chi connectivity index (χ0n) is 5.34. The smallest absolute Gasteiger partial charge is 0.181 e. The van der Waals surface area contributed by atoms with Gasteiger partial charge in [-0.15, -0.1) is 12.6 Å². The summed E-state index contributed by atoms with van der Waals surface area (Å²) in [5, 5.41) is 11.8. The molecule has 3 nitrogen and oxygen atoms in total. The summed E-state index contributed by atoms with van der Waals surface area (Å²) in [6.45, 7) is 2.38. The molecule has 0 amide bonds. The van der Waals surface area contributed by atoms with Crippen LogP contribution in [0.15, 0.2) is 0 Å². The van der Waals surface area contributed by atoms with Crippen LogP contribution in [0.2, 0.25) is 0 Å². The van der Waals surface area contributed by atoms with E-state index in [1.165, 1.54) is 0 Å². The Morgan fingerprint density at radius 3 is 2.90 bits per heavy atom. The van der Waals surface area contributed by atoms with Gasteiger partial charge >= 0.3 is 0 Å². The van der Waals surface area contributed by atoms with Crippen molar-refractivity contribution in [2.75, 3.05) is 19.6 Å². The van der Waals surface area contributed by atoms with E-state index in [1.54, 1.807) is 4.90 Å². The highest BCUT2D eigenvalue weighted by molar-refractivity contribution is 14.1. The van der Waals surface area contributed by atoms with Gasteiger partial charge in [0, 0.05) is 19.6 Å². The maximum atomic E-state index is 8.62. The van der Waals surface area contributed by atoms with Gasteiger partial charge in [0.2, 0.25) is 0 Å². The van der Waals surface area contributed by atoms with E-state index in [2.05, 4.69) is 46.7 Å².